The molecule has 3 rings (SSSR count). The minimum atomic E-state index is -0.312. The lowest BCUT2D eigenvalue weighted by Crippen LogP contribution is -2.36. The molecule has 0 radical (unpaired) electrons. The van der Waals surface area contributed by atoms with E-state index in [9.17, 15) is 9.18 Å². The number of benzene rings is 3. The van der Waals surface area contributed by atoms with E-state index in [1.54, 1.807) is 18.2 Å². The van der Waals surface area contributed by atoms with Gasteiger partial charge in [0.2, 0.25) is 5.91 Å². The molecule has 27 heavy (non-hydrogen) atoms. The van der Waals surface area contributed by atoms with Crippen LogP contribution in [0.2, 0.25) is 0 Å². The van der Waals surface area contributed by atoms with Crippen molar-refractivity contribution in [1.29, 1.82) is 0 Å². The van der Waals surface area contributed by atoms with Gasteiger partial charge in [-0.1, -0.05) is 78.4 Å². The second-order valence-electron chi connectivity index (χ2n) is 6.50. The summed E-state index contributed by atoms with van der Waals surface area (Å²) in [6.07, 6.45) is 0. The quantitative estimate of drug-likeness (QED) is 0.664. The van der Waals surface area contributed by atoms with Crippen LogP contribution in [0.25, 0.3) is 0 Å². The van der Waals surface area contributed by atoms with Crippen LogP contribution in [0.3, 0.4) is 0 Å². The monoisotopic (exact) mass is 362 g/mol. The second kappa shape index (κ2) is 9.10. The molecule has 0 aliphatic heterocycles. The molecule has 3 nitrogen and oxygen atoms in total. The Morgan fingerprint density at radius 3 is 2.22 bits per heavy atom. The average Bonchev–Trinajstić information content (AvgIpc) is 2.69. The van der Waals surface area contributed by atoms with Crippen molar-refractivity contribution in [3.8, 4) is 0 Å². The zero-order chi connectivity index (χ0) is 19.1. The van der Waals surface area contributed by atoms with Crippen molar-refractivity contribution < 1.29 is 9.18 Å². The molecule has 0 saturated heterocycles. The third-order valence-electron chi connectivity index (χ3n) is 4.44. The van der Waals surface area contributed by atoms with Crippen molar-refractivity contribution in [3.05, 3.63) is 107 Å². The van der Waals surface area contributed by atoms with Crippen LogP contribution in [0, 0.1) is 12.7 Å². The van der Waals surface area contributed by atoms with Crippen molar-refractivity contribution >= 4 is 5.91 Å². The third kappa shape index (κ3) is 5.25. The summed E-state index contributed by atoms with van der Waals surface area (Å²) in [7, 11) is 0. The zero-order valence-corrected chi connectivity index (χ0v) is 15.3. The summed E-state index contributed by atoms with van der Waals surface area (Å²) in [4.78, 5) is 12.3. The van der Waals surface area contributed by atoms with E-state index >= 15 is 0 Å². The van der Waals surface area contributed by atoms with E-state index in [1.165, 1.54) is 11.6 Å². The van der Waals surface area contributed by atoms with Gasteiger partial charge in [-0.25, -0.2) is 4.39 Å². The Morgan fingerprint density at radius 1 is 0.889 bits per heavy atom. The van der Waals surface area contributed by atoms with Gasteiger partial charge in [0.15, 0.2) is 0 Å². The number of carbonyl (C=O) groups excluding carboxylic acids is 1. The highest BCUT2D eigenvalue weighted by Crippen LogP contribution is 2.22. The number of hydrogen-bond donors (Lipinski definition) is 2. The Labute approximate surface area is 159 Å². The Bertz CT molecular complexity index is 878. The number of aryl methyl sites for hydroxylation is 1. The maximum Gasteiger partial charge on any atom is 0.234 e. The predicted molar refractivity (Wildman–Crippen MR) is 106 cm³/mol. The van der Waals surface area contributed by atoms with Gasteiger partial charge < -0.3 is 5.32 Å². The van der Waals surface area contributed by atoms with Gasteiger partial charge in [0.05, 0.1) is 12.6 Å². The smallest absolute Gasteiger partial charge is 0.234 e. The fourth-order valence-electron chi connectivity index (χ4n) is 2.93. The van der Waals surface area contributed by atoms with Gasteiger partial charge in [-0.3, -0.25) is 10.1 Å². The Balaban J connectivity index is 1.65. The van der Waals surface area contributed by atoms with Crippen LogP contribution in [0.5, 0.6) is 0 Å². The van der Waals surface area contributed by atoms with E-state index in [2.05, 4.69) is 34.9 Å². The Hall–Kier alpha value is -2.98. The minimum Gasteiger partial charge on any atom is -0.351 e. The fourth-order valence-corrected chi connectivity index (χ4v) is 2.93. The molecule has 2 N–H and O–H groups in total. The summed E-state index contributed by atoms with van der Waals surface area (Å²) in [6, 6.07) is 24.6. The van der Waals surface area contributed by atoms with Crippen molar-refractivity contribution in [2.45, 2.75) is 19.5 Å². The molecule has 0 saturated carbocycles. The molecule has 0 aliphatic rings. The molecule has 0 aromatic heterocycles. The van der Waals surface area contributed by atoms with Crippen molar-refractivity contribution in [2.75, 3.05) is 6.54 Å². The first-order valence-corrected chi connectivity index (χ1v) is 8.98. The summed E-state index contributed by atoms with van der Waals surface area (Å²) in [5.74, 6) is -0.487. The van der Waals surface area contributed by atoms with Crippen LogP contribution >= 0.6 is 0 Å². The lowest BCUT2D eigenvalue weighted by molar-refractivity contribution is -0.120. The van der Waals surface area contributed by atoms with E-state index in [4.69, 9.17) is 0 Å². The number of nitrogens with one attached hydrogen (secondary N) is 2. The van der Waals surface area contributed by atoms with Crippen LogP contribution < -0.4 is 10.6 Å². The molecule has 3 aromatic carbocycles. The maximum atomic E-state index is 13.7. The van der Waals surface area contributed by atoms with Gasteiger partial charge in [0.1, 0.15) is 5.82 Å². The molecule has 3 aromatic rings. The number of carbonyl (C=O) groups is 1. The van der Waals surface area contributed by atoms with Crippen LogP contribution in [-0.2, 0) is 11.3 Å². The van der Waals surface area contributed by atoms with Crippen molar-refractivity contribution in [2.24, 2.45) is 0 Å². The van der Waals surface area contributed by atoms with E-state index in [0.29, 0.717) is 5.56 Å². The molecule has 1 amide bonds. The van der Waals surface area contributed by atoms with Crippen LogP contribution in [-0.4, -0.2) is 12.5 Å². The summed E-state index contributed by atoms with van der Waals surface area (Å²) in [5, 5.41) is 6.08. The number of amides is 1. The third-order valence-corrected chi connectivity index (χ3v) is 4.44. The Morgan fingerprint density at radius 2 is 1.52 bits per heavy atom. The van der Waals surface area contributed by atoms with Gasteiger partial charge in [0.25, 0.3) is 0 Å². The first kappa shape index (κ1) is 18.8. The molecule has 4 heteroatoms. The lowest BCUT2D eigenvalue weighted by atomic mass is 9.98. The minimum absolute atomic E-state index is 0.0917. The van der Waals surface area contributed by atoms with Gasteiger partial charge in [-0.05, 0) is 24.1 Å². The zero-order valence-electron chi connectivity index (χ0n) is 15.3. The standard InChI is InChI=1S/C23H23FN2O/c1-17-11-13-19(14-12-17)23(18-7-3-2-4-8-18)26-16-22(27)25-15-20-9-5-6-10-21(20)24/h2-14,23,26H,15-16H2,1H3,(H,25,27)/t23-/m1/s1. The average molecular weight is 362 g/mol. The highest BCUT2D eigenvalue weighted by molar-refractivity contribution is 5.78. The summed E-state index contributed by atoms with van der Waals surface area (Å²) in [6.45, 7) is 2.36. The largest absolute Gasteiger partial charge is 0.351 e. The van der Waals surface area contributed by atoms with Crippen molar-refractivity contribution in [3.63, 3.8) is 0 Å². The van der Waals surface area contributed by atoms with Crippen LogP contribution in [0.15, 0.2) is 78.9 Å². The van der Waals surface area contributed by atoms with Crippen LogP contribution in [0.4, 0.5) is 4.39 Å². The van der Waals surface area contributed by atoms with Gasteiger partial charge in [-0.15, -0.1) is 0 Å². The fraction of sp³-hybridized carbons (Fsp3) is 0.174. The molecular weight excluding hydrogens is 339 g/mol. The maximum absolute atomic E-state index is 13.7. The highest BCUT2D eigenvalue weighted by Gasteiger charge is 2.15. The summed E-state index contributed by atoms with van der Waals surface area (Å²) >= 11 is 0. The molecule has 0 aliphatic carbocycles. The summed E-state index contributed by atoms with van der Waals surface area (Å²) in [5.41, 5.74) is 3.84. The Kier molecular flexibility index (Phi) is 6.34. The van der Waals surface area contributed by atoms with E-state index in [0.717, 1.165) is 11.1 Å². The van der Waals surface area contributed by atoms with Gasteiger partial charge in [-0.2, -0.15) is 0 Å². The van der Waals surface area contributed by atoms with Gasteiger partial charge in [0, 0.05) is 12.1 Å². The summed E-state index contributed by atoms with van der Waals surface area (Å²) < 4.78 is 13.7. The van der Waals surface area contributed by atoms with E-state index in [1.807, 2.05) is 37.3 Å². The highest BCUT2D eigenvalue weighted by atomic mass is 19.1. The number of hydrogen-bond acceptors (Lipinski definition) is 2. The lowest BCUT2D eigenvalue weighted by Gasteiger charge is -2.20. The molecular formula is C23H23FN2O. The first-order chi connectivity index (χ1) is 13.1. The SMILES string of the molecule is Cc1ccc([C@H](NCC(=O)NCc2ccccc2F)c2ccccc2)cc1. The first-order valence-electron chi connectivity index (χ1n) is 8.98. The molecule has 0 bridgehead atoms. The van der Waals surface area contributed by atoms with Gasteiger partial charge >= 0.3 is 0 Å². The second-order valence-corrected chi connectivity index (χ2v) is 6.50. The van der Waals surface area contributed by atoms with E-state index in [-0.39, 0.29) is 30.9 Å². The normalized spacial score (nSPS) is 11.8. The van der Waals surface area contributed by atoms with Crippen LogP contribution in [0.1, 0.15) is 28.3 Å². The molecule has 0 heterocycles. The van der Waals surface area contributed by atoms with E-state index < -0.39 is 0 Å². The molecule has 0 fully saturated rings. The molecule has 1 atom stereocenters. The number of halogens is 1. The molecule has 0 spiro atoms. The molecule has 0 unspecified atom stereocenters. The predicted octanol–water partition coefficient (Wildman–Crippen LogP) is 4.13. The number of rotatable bonds is 7. The topological polar surface area (TPSA) is 41.1 Å². The molecule has 138 valence electrons. The van der Waals surface area contributed by atoms with Crippen molar-refractivity contribution in [1.82, 2.24) is 10.6 Å².